The van der Waals surface area contributed by atoms with Crippen molar-refractivity contribution in [2.75, 3.05) is 13.1 Å². The number of aromatic hydroxyl groups is 1. The van der Waals surface area contributed by atoms with Gasteiger partial charge >= 0.3 is 0 Å². The Bertz CT molecular complexity index is 509. The molecule has 0 spiro atoms. The molecule has 0 saturated heterocycles. The second-order valence-corrected chi connectivity index (χ2v) is 6.59. The Balaban J connectivity index is 2.83. The SMILES string of the molecule is CCCCCCCc1ccc(O)c(CNCC(O)O)c1CNCC(O)O. The number of phenols is 1. The molecule has 0 bridgehead atoms. The van der Waals surface area contributed by atoms with Crippen molar-refractivity contribution in [3.05, 3.63) is 28.8 Å². The van der Waals surface area contributed by atoms with Crippen LogP contribution in [0.1, 0.15) is 55.7 Å². The summed E-state index contributed by atoms with van der Waals surface area (Å²) in [5.41, 5.74) is 2.72. The summed E-state index contributed by atoms with van der Waals surface area (Å²) >= 11 is 0. The lowest BCUT2D eigenvalue weighted by Crippen LogP contribution is -2.29. The predicted octanol–water partition coefficient (Wildman–Crippen LogP) is 0.706. The zero-order chi connectivity index (χ0) is 19.4. The topological polar surface area (TPSA) is 125 Å². The van der Waals surface area contributed by atoms with Crippen LogP contribution in [0.25, 0.3) is 0 Å². The lowest BCUT2D eigenvalue weighted by molar-refractivity contribution is -0.0383. The molecule has 0 amide bonds. The highest BCUT2D eigenvalue weighted by Gasteiger charge is 2.14. The van der Waals surface area contributed by atoms with Crippen molar-refractivity contribution in [2.45, 2.75) is 71.1 Å². The summed E-state index contributed by atoms with van der Waals surface area (Å²) in [4.78, 5) is 0. The first-order chi connectivity index (χ1) is 12.5. The molecule has 7 nitrogen and oxygen atoms in total. The first kappa shape index (κ1) is 22.8. The number of benzene rings is 1. The molecule has 0 atom stereocenters. The molecule has 7 N–H and O–H groups in total. The van der Waals surface area contributed by atoms with Gasteiger partial charge in [0.05, 0.1) is 0 Å². The zero-order valence-corrected chi connectivity index (χ0v) is 15.6. The van der Waals surface area contributed by atoms with Crippen molar-refractivity contribution >= 4 is 0 Å². The van der Waals surface area contributed by atoms with E-state index in [2.05, 4.69) is 17.6 Å². The summed E-state index contributed by atoms with van der Waals surface area (Å²) in [7, 11) is 0. The maximum atomic E-state index is 10.2. The van der Waals surface area contributed by atoms with Gasteiger partial charge in [0.1, 0.15) is 5.75 Å². The van der Waals surface area contributed by atoms with Crippen LogP contribution in [0.15, 0.2) is 12.1 Å². The standard InChI is InChI=1S/C19H34N2O5/c1-2-3-4-5-6-7-14-8-9-17(22)16(11-21-13-19(25)26)15(14)10-20-12-18(23)24/h8-9,18-26H,2-7,10-13H2,1H3. The third-order valence-electron chi connectivity index (χ3n) is 4.31. The number of rotatable bonds is 14. The van der Waals surface area contributed by atoms with Gasteiger partial charge in [-0.3, -0.25) is 0 Å². The molecule has 0 heterocycles. The zero-order valence-electron chi connectivity index (χ0n) is 15.6. The fraction of sp³-hybridized carbons (Fsp3) is 0.684. The van der Waals surface area contributed by atoms with Crippen molar-refractivity contribution < 1.29 is 25.5 Å². The molecular formula is C19H34N2O5. The lowest BCUT2D eigenvalue weighted by Gasteiger charge is -2.18. The van der Waals surface area contributed by atoms with E-state index in [4.69, 9.17) is 20.4 Å². The van der Waals surface area contributed by atoms with E-state index in [1.807, 2.05) is 6.07 Å². The molecule has 1 rings (SSSR count). The van der Waals surface area contributed by atoms with E-state index in [-0.39, 0.29) is 18.8 Å². The number of phenolic OH excluding ortho intramolecular Hbond substituents is 1. The van der Waals surface area contributed by atoms with Gasteiger partial charge in [0, 0.05) is 31.7 Å². The Morgan fingerprint density at radius 3 is 1.96 bits per heavy atom. The van der Waals surface area contributed by atoms with Crippen LogP contribution in [-0.2, 0) is 19.5 Å². The highest BCUT2D eigenvalue weighted by Crippen LogP contribution is 2.26. The number of hydrogen-bond acceptors (Lipinski definition) is 7. The van der Waals surface area contributed by atoms with Gasteiger partial charge < -0.3 is 36.2 Å². The largest absolute Gasteiger partial charge is 0.508 e. The fourth-order valence-corrected chi connectivity index (χ4v) is 2.95. The van der Waals surface area contributed by atoms with Gasteiger partial charge in [-0.2, -0.15) is 0 Å². The minimum Gasteiger partial charge on any atom is -0.508 e. The summed E-state index contributed by atoms with van der Waals surface area (Å²) in [6, 6.07) is 3.57. The van der Waals surface area contributed by atoms with Crippen LogP contribution >= 0.6 is 0 Å². The van der Waals surface area contributed by atoms with E-state index in [0.717, 1.165) is 30.4 Å². The number of unbranched alkanes of at least 4 members (excludes halogenated alkanes) is 4. The van der Waals surface area contributed by atoms with Gasteiger partial charge in [-0.1, -0.05) is 38.7 Å². The molecule has 0 fully saturated rings. The predicted molar refractivity (Wildman–Crippen MR) is 100 cm³/mol. The van der Waals surface area contributed by atoms with E-state index in [9.17, 15) is 5.11 Å². The average molecular weight is 370 g/mol. The number of nitrogens with one attached hydrogen (secondary N) is 2. The highest BCUT2D eigenvalue weighted by atomic mass is 16.5. The van der Waals surface area contributed by atoms with Crippen LogP contribution in [0, 0.1) is 0 Å². The third kappa shape index (κ3) is 8.93. The normalized spacial score (nSPS) is 11.7. The molecule has 0 aromatic heterocycles. The molecule has 0 radical (unpaired) electrons. The van der Waals surface area contributed by atoms with Crippen molar-refractivity contribution in [2.24, 2.45) is 0 Å². The summed E-state index contributed by atoms with van der Waals surface area (Å²) in [5, 5.41) is 52.1. The maximum Gasteiger partial charge on any atom is 0.164 e. The van der Waals surface area contributed by atoms with Crippen molar-refractivity contribution in [1.82, 2.24) is 10.6 Å². The van der Waals surface area contributed by atoms with Crippen LogP contribution in [0.4, 0.5) is 0 Å². The summed E-state index contributed by atoms with van der Waals surface area (Å²) < 4.78 is 0. The highest BCUT2D eigenvalue weighted by molar-refractivity contribution is 5.44. The van der Waals surface area contributed by atoms with Crippen LogP contribution < -0.4 is 10.6 Å². The van der Waals surface area contributed by atoms with Crippen molar-refractivity contribution in [3.63, 3.8) is 0 Å². The first-order valence-corrected chi connectivity index (χ1v) is 9.42. The Morgan fingerprint density at radius 1 is 0.808 bits per heavy atom. The fourth-order valence-electron chi connectivity index (χ4n) is 2.95. The van der Waals surface area contributed by atoms with Gasteiger partial charge in [-0.05, 0) is 30.0 Å². The summed E-state index contributed by atoms with van der Waals surface area (Å²) in [5.74, 6) is 0.140. The van der Waals surface area contributed by atoms with Gasteiger partial charge in [0.2, 0.25) is 0 Å². The molecule has 150 valence electrons. The molecule has 0 aliphatic carbocycles. The van der Waals surface area contributed by atoms with Crippen LogP contribution in [0.5, 0.6) is 5.75 Å². The Labute approximate surface area is 155 Å². The van der Waals surface area contributed by atoms with Crippen molar-refractivity contribution in [3.8, 4) is 5.75 Å². The molecule has 1 aromatic carbocycles. The molecule has 0 aliphatic rings. The molecule has 7 heteroatoms. The summed E-state index contributed by atoms with van der Waals surface area (Å²) in [6.07, 6.45) is 3.85. The van der Waals surface area contributed by atoms with E-state index in [0.29, 0.717) is 18.7 Å². The van der Waals surface area contributed by atoms with E-state index < -0.39 is 12.6 Å². The second kappa shape index (κ2) is 13.0. The van der Waals surface area contributed by atoms with Crippen LogP contribution in [-0.4, -0.2) is 51.2 Å². The van der Waals surface area contributed by atoms with Gasteiger partial charge in [-0.15, -0.1) is 0 Å². The molecular weight excluding hydrogens is 336 g/mol. The maximum absolute atomic E-state index is 10.2. The molecule has 0 saturated carbocycles. The monoisotopic (exact) mass is 370 g/mol. The average Bonchev–Trinajstić information content (AvgIpc) is 2.58. The minimum atomic E-state index is -1.45. The van der Waals surface area contributed by atoms with Gasteiger partial charge in [0.15, 0.2) is 12.6 Å². The van der Waals surface area contributed by atoms with Crippen LogP contribution in [0.2, 0.25) is 0 Å². The Morgan fingerprint density at radius 2 is 1.38 bits per heavy atom. The summed E-state index contributed by atoms with van der Waals surface area (Å²) in [6.45, 7) is 2.92. The smallest absolute Gasteiger partial charge is 0.164 e. The molecule has 1 aromatic rings. The first-order valence-electron chi connectivity index (χ1n) is 9.42. The van der Waals surface area contributed by atoms with E-state index in [1.54, 1.807) is 6.07 Å². The molecule has 0 aliphatic heterocycles. The number of aliphatic hydroxyl groups is 4. The van der Waals surface area contributed by atoms with Gasteiger partial charge in [0.25, 0.3) is 0 Å². The van der Waals surface area contributed by atoms with Crippen molar-refractivity contribution in [1.29, 1.82) is 0 Å². The Kier molecular flexibility index (Phi) is 11.4. The lowest BCUT2D eigenvalue weighted by atomic mass is 9.95. The van der Waals surface area contributed by atoms with E-state index >= 15 is 0 Å². The molecule has 26 heavy (non-hydrogen) atoms. The Hall–Kier alpha value is -1.22. The quantitative estimate of drug-likeness (QED) is 0.190. The number of hydrogen-bond donors (Lipinski definition) is 7. The third-order valence-corrected chi connectivity index (χ3v) is 4.31. The second-order valence-electron chi connectivity index (χ2n) is 6.59. The molecule has 0 unspecified atom stereocenters. The van der Waals surface area contributed by atoms with Crippen LogP contribution in [0.3, 0.4) is 0 Å². The number of aliphatic hydroxyl groups excluding tert-OH is 2. The van der Waals surface area contributed by atoms with E-state index in [1.165, 1.54) is 19.3 Å². The van der Waals surface area contributed by atoms with Gasteiger partial charge in [-0.25, -0.2) is 0 Å². The number of aryl methyl sites for hydroxylation is 1. The minimum absolute atomic E-state index is 0.00288.